The van der Waals surface area contributed by atoms with E-state index in [-0.39, 0.29) is 11.4 Å². The summed E-state index contributed by atoms with van der Waals surface area (Å²) in [5.74, 6) is -2.44. The molecular weight excluding hydrogens is 456 g/mol. The second-order valence-corrected chi connectivity index (χ2v) is 8.84. The maximum Gasteiger partial charge on any atom is 0.355 e. The SMILES string of the molecule is O=C(O)C1=NN(c2ccc(S(=O)(=O)O)cc2)C(=O)[C@H]1N=Nc1ccc(S(=O)(=O)O)cc1. The van der Waals surface area contributed by atoms with Gasteiger partial charge in [0.15, 0.2) is 5.71 Å². The fourth-order valence-corrected chi connectivity index (χ4v) is 3.42. The number of rotatable bonds is 6. The van der Waals surface area contributed by atoms with E-state index in [0.29, 0.717) is 5.01 Å². The molecule has 1 heterocycles. The summed E-state index contributed by atoms with van der Waals surface area (Å²) < 4.78 is 62.3. The Kier molecular flexibility index (Phi) is 5.68. The summed E-state index contributed by atoms with van der Waals surface area (Å²) in [7, 11) is -8.88. The fourth-order valence-electron chi connectivity index (χ4n) is 2.46. The molecule has 1 atom stereocenters. The molecule has 3 N–H and O–H groups in total. The van der Waals surface area contributed by atoms with Gasteiger partial charge in [0.25, 0.3) is 26.1 Å². The zero-order chi connectivity index (χ0) is 23.0. The van der Waals surface area contributed by atoms with Crippen LogP contribution in [0.25, 0.3) is 0 Å². The molecule has 0 spiro atoms. The average molecular weight is 468 g/mol. The number of aliphatic carboxylic acids is 1. The first-order chi connectivity index (χ1) is 14.4. The molecule has 162 valence electrons. The van der Waals surface area contributed by atoms with Crippen molar-refractivity contribution in [1.82, 2.24) is 0 Å². The van der Waals surface area contributed by atoms with Crippen molar-refractivity contribution < 1.29 is 40.6 Å². The summed E-state index contributed by atoms with van der Waals surface area (Å²) in [4.78, 5) is 23.3. The first kappa shape index (κ1) is 22.2. The van der Waals surface area contributed by atoms with E-state index >= 15 is 0 Å². The third kappa shape index (κ3) is 4.80. The summed E-state index contributed by atoms with van der Waals surface area (Å²) in [6.07, 6.45) is 0. The lowest BCUT2D eigenvalue weighted by Crippen LogP contribution is -2.33. The number of azo groups is 1. The lowest BCUT2D eigenvalue weighted by molar-refractivity contribution is -0.130. The van der Waals surface area contributed by atoms with Gasteiger partial charge in [0, 0.05) is 0 Å². The number of carbonyl (C=O) groups is 2. The Labute approximate surface area is 174 Å². The topological polar surface area (TPSA) is 203 Å². The number of anilines is 1. The number of nitrogens with zero attached hydrogens (tertiary/aromatic N) is 4. The van der Waals surface area contributed by atoms with Crippen molar-refractivity contribution in [1.29, 1.82) is 0 Å². The molecule has 3 rings (SSSR count). The van der Waals surface area contributed by atoms with Gasteiger partial charge < -0.3 is 5.11 Å². The maximum atomic E-state index is 12.6. The molecule has 31 heavy (non-hydrogen) atoms. The molecule has 0 bridgehead atoms. The van der Waals surface area contributed by atoms with Crippen LogP contribution in [-0.2, 0) is 29.8 Å². The fraction of sp³-hybridized carbons (Fsp3) is 0.0625. The number of benzene rings is 2. The Morgan fingerprint density at radius 3 is 1.84 bits per heavy atom. The predicted octanol–water partition coefficient (Wildman–Crippen LogP) is 1.12. The van der Waals surface area contributed by atoms with Gasteiger partial charge in [0.2, 0.25) is 6.04 Å². The molecule has 0 aliphatic carbocycles. The second kappa shape index (κ2) is 7.95. The van der Waals surface area contributed by atoms with Crippen molar-refractivity contribution >= 4 is 49.2 Å². The van der Waals surface area contributed by atoms with Crippen LogP contribution in [0.15, 0.2) is 73.7 Å². The van der Waals surface area contributed by atoms with E-state index in [2.05, 4.69) is 15.3 Å². The van der Waals surface area contributed by atoms with Crippen LogP contribution in [-0.4, -0.2) is 54.7 Å². The summed E-state index contributed by atoms with van der Waals surface area (Å²) in [6.45, 7) is 0. The van der Waals surface area contributed by atoms with Gasteiger partial charge in [-0.05, 0) is 48.5 Å². The highest BCUT2D eigenvalue weighted by Gasteiger charge is 2.41. The minimum Gasteiger partial charge on any atom is -0.477 e. The van der Waals surface area contributed by atoms with Crippen molar-refractivity contribution in [3.63, 3.8) is 0 Å². The van der Waals surface area contributed by atoms with Crippen LogP contribution < -0.4 is 5.01 Å². The molecular formula is C16H12N4O9S2. The van der Waals surface area contributed by atoms with E-state index in [9.17, 15) is 31.5 Å². The Hall–Kier alpha value is -3.53. The number of hydrogen-bond donors (Lipinski definition) is 3. The highest BCUT2D eigenvalue weighted by Crippen LogP contribution is 2.25. The van der Waals surface area contributed by atoms with Crippen molar-refractivity contribution in [2.45, 2.75) is 15.8 Å². The predicted molar refractivity (Wildman–Crippen MR) is 103 cm³/mol. The minimum atomic E-state index is -4.46. The van der Waals surface area contributed by atoms with Gasteiger partial charge in [0.05, 0.1) is 21.2 Å². The summed E-state index contributed by atoms with van der Waals surface area (Å²) >= 11 is 0. The second-order valence-electron chi connectivity index (χ2n) is 6.00. The van der Waals surface area contributed by atoms with E-state index in [1.165, 1.54) is 12.1 Å². The first-order valence-corrected chi connectivity index (χ1v) is 11.0. The van der Waals surface area contributed by atoms with Gasteiger partial charge in [-0.3, -0.25) is 13.9 Å². The van der Waals surface area contributed by atoms with Gasteiger partial charge in [-0.2, -0.15) is 37.2 Å². The summed E-state index contributed by atoms with van der Waals surface area (Å²) in [5, 5.41) is 21.1. The van der Waals surface area contributed by atoms with Crippen LogP contribution >= 0.6 is 0 Å². The molecule has 1 aliphatic heterocycles. The van der Waals surface area contributed by atoms with E-state index in [0.717, 1.165) is 36.4 Å². The van der Waals surface area contributed by atoms with Crippen molar-refractivity contribution in [3.8, 4) is 0 Å². The highest BCUT2D eigenvalue weighted by atomic mass is 32.2. The zero-order valence-corrected chi connectivity index (χ0v) is 16.7. The number of carboxylic acid groups (broad SMARTS) is 1. The molecule has 1 amide bonds. The lowest BCUT2D eigenvalue weighted by Gasteiger charge is -2.12. The quantitative estimate of drug-likeness (QED) is 0.410. The summed E-state index contributed by atoms with van der Waals surface area (Å²) in [5.41, 5.74) is -0.561. The molecule has 15 heteroatoms. The average Bonchev–Trinajstić information content (AvgIpc) is 3.02. The molecule has 0 radical (unpaired) electrons. The molecule has 0 unspecified atom stereocenters. The van der Waals surface area contributed by atoms with Crippen molar-refractivity contribution in [2.24, 2.45) is 15.3 Å². The van der Waals surface area contributed by atoms with Crippen LogP contribution in [0.2, 0.25) is 0 Å². The van der Waals surface area contributed by atoms with E-state index < -0.39 is 53.7 Å². The standard InChI is InChI=1S/C16H12N4O9S2/c21-15-13(18-17-9-1-5-11(6-2-9)30(24,25)26)14(16(22)23)19-20(15)10-3-7-12(8-4-10)31(27,28)29/h1-8,13H,(H,22,23)(H,24,25,26)(H,27,28,29)/t13-/m0/s1. The number of hydrogen-bond acceptors (Lipinski definition) is 9. The molecule has 2 aromatic carbocycles. The number of hydrazone groups is 1. The number of carbonyl (C=O) groups excluding carboxylic acids is 1. The van der Waals surface area contributed by atoms with Crippen molar-refractivity contribution in [2.75, 3.05) is 5.01 Å². The van der Waals surface area contributed by atoms with Gasteiger partial charge in [-0.25, -0.2) is 4.79 Å². The smallest absolute Gasteiger partial charge is 0.355 e. The van der Waals surface area contributed by atoms with E-state index in [4.69, 9.17) is 9.11 Å². The zero-order valence-electron chi connectivity index (χ0n) is 15.1. The highest BCUT2D eigenvalue weighted by molar-refractivity contribution is 7.86. The van der Waals surface area contributed by atoms with Gasteiger partial charge >= 0.3 is 5.97 Å². The van der Waals surface area contributed by atoms with Crippen LogP contribution in [0.1, 0.15) is 0 Å². The Balaban J connectivity index is 1.88. The van der Waals surface area contributed by atoms with Gasteiger partial charge in [0.1, 0.15) is 0 Å². The minimum absolute atomic E-state index is 0.0198. The van der Waals surface area contributed by atoms with Crippen LogP contribution in [0.4, 0.5) is 11.4 Å². The Morgan fingerprint density at radius 1 is 0.903 bits per heavy atom. The maximum absolute atomic E-state index is 12.6. The molecule has 0 aromatic heterocycles. The molecule has 0 saturated carbocycles. The third-order valence-electron chi connectivity index (χ3n) is 3.93. The molecule has 13 nitrogen and oxygen atoms in total. The Morgan fingerprint density at radius 2 is 1.39 bits per heavy atom. The monoisotopic (exact) mass is 468 g/mol. The third-order valence-corrected chi connectivity index (χ3v) is 5.67. The summed E-state index contributed by atoms with van der Waals surface area (Å²) in [6, 6.07) is 7.07. The van der Waals surface area contributed by atoms with Gasteiger partial charge in [-0.15, -0.1) is 0 Å². The van der Waals surface area contributed by atoms with Crippen LogP contribution in [0.3, 0.4) is 0 Å². The van der Waals surface area contributed by atoms with Crippen molar-refractivity contribution in [3.05, 3.63) is 48.5 Å². The molecule has 2 aromatic rings. The molecule has 0 saturated heterocycles. The molecule has 0 fully saturated rings. The number of amides is 1. The molecule has 1 aliphatic rings. The van der Waals surface area contributed by atoms with E-state index in [1.54, 1.807) is 0 Å². The van der Waals surface area contributed by atoms with E-state index in [1.807, 2.05) is 0 Å². The lowest BCUT2D eigenvalue weighted by atomic mass is 10.2. The van der Waals surface area contributed by atoms with Gasteiger partial charge in [-0.1, -0.05) is 0 Å². The van der Waals surface area contributed by atoms with Crippen LogP contribution in [0, 0.1) is 0 Å². The Bertz CT molecular complexity index is 1320. The first-order valence-electron chi connectivity index (χ1n) is 8.09. The largest absolute Gasteiger partial charge is 0.477 e. The number of carboxylic acids is 1. The van der Waals surface area contributed by atoms with Crippen LogP contribution in [0.5, 0.6) is 0 Å². The normalized spacial score (nSPS) is 17.2.